The van der Waals surface area contributed by atoms with E-state index in [2.05, 4.69) is 19.9 Å². The normalized spacial score (nSPS) is 39.7. The van der Waals surface area contributed by atoms with E-state index in [1.165, 1.54) is 24.8 Å². The minimum Gasteiger partial charge on any atom is -0.299 e. The summed E-state index contributed by atoms with van der Waals surface area (Å²) in [5, 5.41) is 0. The van der Waals surface area contributed by atoms with Crippen molar-refractivity contribution in [1.29, 1.82) is 0 Å². The molecule has 2 atom stereocenters. The molecule has 1 fully saturated rings. The van der Waals surface area contributed by atoms with Gasteiger partial charge in [-0.15, -0.1) is 0 Å². The SMILES string of the molecule is CC1C(=O)CCC2(C)CCCC=C12. The monoisotopic (exact) mass is 178 g/mol. The fourth-order valence-electron chi connectivity index (χ4n) is 2.90. The van der Waals surface area contributed by atoms with Crippen LogP contribution in [-0.2, 0) is 4.79 Å². The Morgan fingerprint density at radius 1 is 1.46 bits per heavy atom. The molecular weight excluding hydrogens is 160 g/mol. The molecule has 0 amide bonds. The van der Waals surface area contributed by atoms with Gasteiger partial charge in [-0.25, -0.2) is 0 Å². The van der Waals surface area contributed by atoms with Gasteiger partial charge >= 0.3 is 0 Å². The van der Waals surface area contributed by atoms with Crippen molar-refractivity contribution in [2.24, 2.45) is 11.3 Å². The summed E-state index contributed by atoms with van der Waals surface area (Å²) in [6, 6.07) is 0. The molecule has 1 saturated carbocycles. The molecule has 0 bridgehead atoms. The summed E-state index contributed by atoms with van der Waals surface area (Å²) in [6.07, 6.45) is 7.99. The first-order valence-electron chi connectivity index (χ1n) is 5.37. The smallest absolute Gasteiger partial charge is 0.139 e. The molecule has 0 aliphatic heterocycles. The van der Waals surface area contributed by atoms with Crippen LogP contribution in [0.1, 0.15) is 46.0 Å². The first-order valence-corrected chi connectivity index (χ1v) is 5.37. The largest absolute Gasteiger partial charge is 0.299 e. The second kappa shape index (κ2) is 2.97. The van der Waals surface area contributed by atoms with Gasteiger partial charge in [0.2, 0.25) is 0 Å². The summed E-state index contributed by atoms with van der Waals surface area (Å²) in [6.45, 7) is 4.41. The molecule has 0 heterocycles. The molecular formula is C12H18O. The lowest BCUT2D eigenvalue weighted by molar-refractivity contribution is -0.123. The number of fused-ring (bicyclic) bond motifs is 1. The van der Waals surface area contributed by atoms with Crippen molar-refractivity contribution >= 4 is 5.78 Å². The zero-order valence-electron chi connectivity index (χ0n) is 8.60. The van der Waals surface area contributed by atoms with E-state index < -0.39 is 0 Å². The number of carbonyl (C=O) groups is 1. The molecule has 0 aromatic heterocycles. The fraction of sp³-hybridized carbons (Fsp3) is 0.750. The quantitative estimate of drug-likeness (QED) is 0.521. The topological polar surface area (TPSA) is 17.1 Å². The standard InChI is InChI=1S/C12H18O/c1-9-10-5-3-4-7-12(10,2)8-6-11(9)13/h5,9H,3-4,6-8H2,1-2H3. The lowest BCUT2D eigenvalue weighted by Crippen LogP contribution is -2.35. The summed E-state index contributed by atoms with van der Waals surface area (Å²) in [5.74, 6) is 0.657. The predicted octanol–water partition coefficient (Wildman–Crippen LogP) is 3.10. The summed E-state index contributed by atoms with van der Waals surface area (Å²) >= 11 is 0. The van der Waals surface area contributed by atoms with Crippen LogP contribution in [0, 0.1) is 11.3 Å². The Hall–Kier alpha value is -0.590. The van der Waals surface area contributed by atoms with Crippen LogP contribution in [0.2, 0.25) is 0 Å². The molecule has 0 N–H and O–H groups in total. The minimum atomic E-state index is 0.207. The zero-order valence-corrected chi connectivity index (χ0v) is 8.60. The Morgan fingerprint density at radius 2 is 2.23 bits per heavy atom. The number of Topliss-reactive ketones (excluding diaryl/α,β-unsaturated/α-hetero) is 1. The van der Waals surface area contributed by atoms with Gasteiger partial charge in [-0.1, -0.05) is 25.5 Å². The number of carbonyl (C=O) groups excluding carboxylic acids is 1. The van der Waals surface area contributed by atoms with Crippen molar-refractivity contribution in [3.8, 4) is 0 Å². The summed E-state index contributed by atoms with van der Waals surface area (Å²) in [7, 11) is 0. The third-order valence-corrected chi connectivity index (χ3v) is 3.87. The number of ketones is 1. The van der Waals surface area contributed by atoms with Crippen molar-refractivity contribution in [3.63, 3.8) is 0 Å². The molecule has 1 heteroatoms. The van der Waals surface area contributed by atoms with Crippen LogP contribution in [0.25, 0.3) is 0 Å². The van der Waals surface area contributed by atoms with Crippen LogP contribution in [0.4, 0.5) is 0 Å². The van der Waals surface area contributed by atoms with Gasteiger partial charge in [0, 0.05) is 12.3 Å². The maximum atomic E-state index is 11.6. The van der Waals surface area contributed by atoms with E-state index >= 15 is 0 Å². The first-order chi connectivity index (χ1) is 6.13. The van der Waals surface area contributed by atoms with Gasteiger partial charge in [0.15, 0.2) is 0 Å². The highest BCUT2D eigenvalue weighted by Crippen LogP contribution is 2.48. The molecule has 2 rings (SSSR count). The van der Waals surface area contributed by atoms with E-state index in [9.17, 15) is 4.79 Å². The molecule has 0 spiro atoms. The fourth-order valence-corrected chi connectivity index (χ4v) is 2.90. The second-order valence-electron chi connectivity index (χ2n) is 4.80. The highest BCUT2D eigenvalue weighted by molar-refractivity contribution is 5.85. The molecule has 0 saturated heterocycles. The average molecular weight is 178 g/mol. The third-order valence-electron chi connectivity index (χ3n) is 3.87. The minimum absolute atomic E-state index is 0.207. The summed E-state index contributed by atoms with van der Waals surface area (Å²) in [5.41, 5.74) is 1.81. The van der Waals surface area contributed by atoms with Crippen molar-refractivity contribution in [2.45, 2.75) is 46.0 Å². The Balaban J connectivity index is 2.33. The highest BCUT2D eigenvalue weighted by Gasteiger charge is 2.39. The predicted molar refractivity (Wildman–Crippen MR) is 53.4 cm³/mol. The van der Waals surface area contributed by atoms with Crippen molar-refractivity contribution in [3.05, 3.63) is 11.6 Å². The van der Waals surface area contributed by atoms with Crippen LogP contribution in [-0.4, -0.2) is 5.78 Å². The molecule has 13 heavy (non-hydrogen) atoms. The summed E-state index contributed by atoms with van der Waals surface area (Å²) < 4.78 is 0. The van der Waals surface area contributed by atoms with Crippen LogP contribution < -0.4 is 0 Å². The van der Waals surface area contributed by atoms with E-state index in [0.29, 0.717) is 11.2 Å². The lowest BCUT2D eigenvalue weighted by Gasteiger charge is -2.42. The highest BCUT2D eigenvalue weighted by atomic mass is 16.1. The van der Waals surface area contributed by atoms with E-state index in [-0.39, 0.29) is 5.92 Å². The van der Waals surface area contributed by atoms with E-state index in [1.54, 1.807) is 0 Å². The zero-order chi connectivity index (χ0) is 9.47. The van der Waals surface area contributed by atoms with Gasteiger partial charge in [0.05, 0.1) is 0 Å². The third kappa shape index (κ3) is 1.34. The maximum absolute atomic E-state index is 11.6. The Kier molecular flexibility index (Phi) is 2.05. The number of hydrogen-bond donors (Lipinski definition) is 0. The molecule has 2 unspecified atom stereocenters. The van der Waals surface area contributed by atoms with Gasteiger partial charge in [-0.3, -0.25) is 4.79 Å². The average Bonchev–Trinajstić information content (AvgIpc) is 2.12. The number of rotatable bonds is 0. The van der Waals surface area contributed by atoms with E-state index in [1.807, 2.05) is 0 Å². The van der Waals surface area contributed by atoms with Gasteiger partial charge in [-0.2, -0.15) is 0 Å². The maximum Gasteiger partial charge on any atom is 0.139 e. The molecule has 0 radical (unpaired) electrons. The lowest BCUT2D eigenvalue weighted by atomic mass is 9.62. The Labute approximate surface area is 80.2 Å². The van der Waals surface area contributed by atoms with Gasteiger partial charge < -0.3 is 0 Å². The molecule has 0 aromatic rings. The molecule has 72 valence electrons. The Bertz CT molecular complexity index is 264. The van der Waals surface area contributed by atoms with E-state index in [4.69, 9.17) is 0 Å². The van der Waals surface area contributed by atoms with Crippen LogP contribution in [0.5, 0.6) is 0 Å². The van der Waals surface area contributed by atoms with Gasteiger partial charge in [-0.05, 0) is 31.1 Å². The summed E-state index contributed by atoms with van der Waals surface area (Å²) in [4.78, 5) is 11.6. The second-order valence-corrected chi connectivity index (χ2v) is 4.80. The van der Waals surface area contributed by atoms with Gasteiger partial charge in [0.25, 0.3) is 0 Å². The molecule has 2 aliphatic carbocycles. The van der Waals surface area contributed by atoms with Crippen molar-refractivity contribution < 1.29 is 4.79 Å². The van der Waals surface area contributed by atoms with Crippen LogP contribution in [0.3, 0.4) is 0 Å². The van der Waals surface area contributed by atoms with Crippen LogP contribution in [0.15, 0.2) is 11.6 Å². The molecule has 1 nitrogen and oxygen atoms in total. The van der Waals surface area contributed by atoms with E-state index in [0.717, 1.165) is 12.8 Å². The molecule has 0 aromatic carbocycles. The molecule has 2 aliphatic rings. The van der Waals surface area contributed by atoms with Crippen molar-refractivity contribution in [2.75, 3.05) is 0 Å². The van der Waals surface area contributed by atoms with Crippen molar-refractivity contribution in [1.82, 2.24) is 0 Å². The van der Waals surface area contributed by atoms with Crippen LogP contribution >= 0.6 is 0 Å². The first kappa shape index (κ1) is 8.98. The van der Waals surface area contributed by atoms with Gasteiger partial charge in [0.1, 0.15) is 5.78 Å². The Morgan fingerprint density at radius 3 is 3.00 bits per heavy atom. The number of allylic oxidation sites excluding steroid dienone is 2. The number of hydrogen-bond acceptors (Lipinski definition) is 1.